The second-order valence-electron chi connectivity index (χ2n) is 5.45. The molecule has 0 spiro atoms. The van der Waals surface area contributed by atoms with Crippen molar-refractivity contribution in [2.45, 2.75) is 25.6 Å². The Hall–Kier alpha value is -1.18. The van der Waals surface area contributed by atoms with E-state index in [2.05, 4.69) is 15.9 Å². The Morgan fingerprint density at radius 3 is 2.90 bits per heavy atom. The lowest BCUT2D eigenvalue weighted by atomic mass is 10.0. The van der Waals surface area contributed by atoms with Gasteiger partial charge in [0.2, 0.25) is 0 Å². The minimum atomic E-state index is -0.470. The van der Waals surface area contributed by atoms with Gasteiger partial charge < -0.3 is 14.7 Å². The minimum absolute atomic E-state index is 0.0580. The molecule has 0 aliphatic carbocycles. The van der Waals surface area contributed by atoms with Gasteiger partial charge >= 0.3 is 0 Å². The van der Waals surface area contributed by atoms with Crippen molar-refractivity contribution in [3.05, 3.63) is 32.8 Å². The van der Waals surface area contributed by atoms with Crippen LogP contribution in [0.25, 0.3) is 0 Å². The van der Waals surface area contributed by atoms with Crippen LogP contribution in [0.3, 0.4) is 0 Å². The van der Waals surface area contributed by atoms with Crippen molar-refractivity contribution >= 4 is 27.3 Å². The summed E-state index contributed by atoms with van der Waals surface area (Å²) in [4.78, 5) is 12.7. The van der Waals surface area contributed by atoms with Gasteiger partial charge in [0.1, 0.15) is 5.69 Å². The van der Waals surface area contributed by atoms with Crippen molar-refractivity contribution in [1.82, 2.24) is 0 Å². The molecule has 7 heteroatoms. The molecule has 0 bridgehead atoms. The number of aliphatic hydroxyl groups is 1. The Morgan fingerprint density at radius 1 is 1.60 bits per heavy atom. The number of benzene rings is 1. The zero-order valence-electron chi connectivity index (χ0n) is 11.4. The zero-order valence-corrected chi connectivity index (χ0v) is 13.0. The summed E-state index contributed by atoms with van der Waals surface area (Å²) in [5, 5.41) is 20.5. The van der Waals surface area contributed by atoms with Crippen molar-refractivity contribution in [3.8, 4) is 0 Å². The van der Waals surface area contributed by atoms with E-state index in [1.165, 1.54) is 6.07 Å². The lowest BCUT2D eigenvalue weighted by Gasteiger charge is -2.43. The van der Waals surface area contributed by atoms with Gasteiger partial charge in [-0.05, 0) is 26.0 Å². The fourth-order valence-electron chi connectivity index (χ4n) is 2.48. The summed E-state index contributed by atoms with van der Waals surface area (Å²) >= 11 is 3.34. The summed E-state index contributed by atoms with van der Waals surface area (Å²) < 4.78 is 6.51. The van der Waals surface area contributed by atoms with E-state index in [9.17, 15) is 15.2 Å². The highest BCUT2D eigenvalue weighted by Gasteiger charge is 2.35. The maximum absolute atomic E-state index is 11.2. The normalized spacial score (nSPS) is 21.8. The Balaban J connectivity index is 2.39. The van der Waals surface area contributed by atoms with Crippen LogP contribution in [-0.2, 0) is 4.74 Å². The average Bonchev–Trinajstić information content (AvgIpc) is 2.36. The molecule has 0 amide bonds. The first-order chi connectivity index (χ1) is 9.32. The van der Waals surface area contributed by atoms with Crippen molar-refractivity contribution in [2.24, 2.45) is 0 Å². The van der Waals surface area contributed by atoms with Crippen LogP contribution in [0.1, 0.15) is 13.8 Å². The van der Waals surface area contributed by atoms with E-state index in [1.54, 1.807) is 12.1 Å². The molecule has 2 rings (SSSR count). The van der Waals surface area contributed by atoms with Gasteiger partial charge in [-0.3, -0.25) is 10.1 Å². The highest BCUT2D eigenvalue weighted by Crippen LogP contribution is 2.34. The van der Waals surface area contributed by atoms with Gasteiger partial charge in [0.25, 0.3) is 5.69 Å². The molecule has 1 aliphatic rings. The second-order valence-corrected chi connectivity index (χ2v) is 6.37. The molecular weight excluding hydrogens is 328 g/mol. The average molecular weight is 345 g/mol. The molecule has 0 saturated carbocycles. The quantitative estimate of drug-likeness (QED) is 0.672. The molecule has 1 aromatic carbocycles. The van der Waals surface area contributed by atoms with Crippen molar-refractivity contribution < 1.29 is 14.8 Å². The van der Waals surface area contributed by atoms with E-state index >= 15 is 0 Å². The lowest BCUT2D eigenvalue weighted by molar-refractivity contribution is -0.384. The number of halogens is 1. The van der Waals surface area contributed by atoms with Gasteiger partial charge in [-0.25, -0.2) is 0 Å². The summed E-state index contributed by atoms with van der Waals surface area (Å²) in [5.74, 6) is 0. The molecule has 0 aromatic heterocycles. The number of ether oxygens (including phenoxy) is 1. The van der Waals surface area contributed by atoms with Crippen LogP contribution in [0.2, 0.25) is 0 Å². The molecule has 1 aliphatic heterocycles. The molecule has 1 heterocycles. The Bertz CT molecular complexity index is 521. The van der Waals surface area contributed by atoms with Crippen LogP contribution in [0.5, 0.6) is 0 Å². The number of rotatable bonds is 3. The van der Waals surface area contributed by atoms with Gasteiger partial charge in [0.05, 0.1) is 23.2 Å². The SMILES string of the molecule is CC1(C)CN(c2cc(Br)ccc2[N+](=O)[O-])CC(CO)O1. The number of nitro benzene ring substituents is 1. The van der Waals surface area contributed by atoms with Gasteiger partial charge in [-0.2, -0.15) is 0 Å². The number of hydrogen-bond donors (Lipinski definition) is 1. The Morgan fingerprint density at radius 2 is 2.30 bits per heavy atom. The molecule has 1 unspecified atom stereocenters. The summed E-state index contributed by atoms with van der Waals surface area (Å²) in [6, 6.07) is 4.86. The van der Waals surface area contributed by atoms with Crippen LogP contribution in [0.4, 0.5) is 11.4 Å². The standard InChI is InChI=1S/C13H17BrN2O4/c1-13(2)8-15(6-10(7-17)20-13)12-5-9(14)3-4-11(12)16(18)19/h3-5,10,17H,6-8H2,1-2H3. The van der Waals surface area contributed by atoms with Gasteiger partial charge in [-0.1, -0.05) is 15.9 Å². The molecule has 20 heavy (non-hydrogen) atoms. The van der Waals surface area contributed by atoms with E-state index in [0.717, 1.165) is 4.47 Å². The molecule has 1 fully saturated rings. The summed E-state index contributed by atoms with van der Waals surface area (Å²) in [6.45, 7) is 4.66. The summed E-state index contributed by atoms with van der Waals surface area (Å²) in [5.41, 5.74) is 0.128. The van der Waals surface area contributed by atoms with Crippen LogP contribution < -0.4 is 4.90 Å². The smallest absolute Gasteiger partial charge is 0.292 e. The molecule has 6 nitrogen and oxygen atoms in total. The van der Waals surface area contributed by atoms with E-state index in [0.29, 0.717) is 18.8 Å². The van der Waals surface area contributed by atoms with Crippen LogP contribution in [0.15, 0.2) is 22.7 Å². The highest BCUT2D eigenvalue weighted by molar-refractivity contribution is 9.10. The molecule has 0 radical (unpaired) electrons. The van der Waals surface area contributed by atoms with Crippen molar-refractivity contribution in [2.75, 3.05) is 24.6 Å². The fraction of sp³-hybridized carbons (Fsp3) is 0.538. The first-order valence-corrected chi connectivity index (χ1v) is 7.09. The van der Waals surface area contributed by atoms with Crippen molar-refractivity contribution in [3.63, 3.8) is 0 Å². The molecule has 1 aromatic rings. The monoisotopic (exact) mass is 344 g/mol. The summed E-state index contributed by atoms with van der Waals surface area (Å²) in [7, 11) is 0. The molecule has 1 atom stereocenters. The zero-order chi connectivity index (χ0) is 14.9. The predicted octanol–water partition coefficient (Wildman–Crippen LogP) is 2.33. The Labute approximate surface area is 125 Å². The third-order valence-corrected chi connectivity index (χ3v) is 3.65. The summed E-state index contributed by atoms with van der Waals surface area (Å²) in [6.07, 6.45) is -0.350. The number of nitrogens with zero attached hydrogens (tertiary/aromatic N) is 2. The number of nitro groups is 1. The number of anilines is 1. The van der Waals surface area contributed by atoms with E-state index in [1.807, 2.05) is 18.7 Å². The molecule has 1 N–H and O–H groups in total. The topological polar surface area (TPSA) is 75.8 Å². The van der Waals surface area contributed by atoms with E-state index < -0.39 is 10.5 Å². The first-order valence-electron chi connectivity index (χ1n) is 6.30. The van der Waals surface area contributed by atoms with Crippen LogP contribution >= 0.6 is 15.9 Å². The predicted molar refractivity (Wildman–Crippen MR) is 79.0 cm³/mol. The van der Waals surface area contributed by atoms with Gasteiger partial charge in [0, 0.05) is 23.6 Å². The largest absolute Gasteiger partial charge is 0.394 e. The van der Waals surface area contributed by atoms with E-state index in [-0.39, 0.29) is 18.4 Å². The number of aliphatic hydroxyl groups excluding tert-OH is 1. The first kappa shape index (κ1) is 15.2. The second kappa shape index (κ2) is 5.67. The molecule has 110 valence electrons. The maximum atomic E-state index is 11.2. The highest BCUT2D eigenvalue weighted by atomic mass is 79.9. The third kappa shape index (κ3) is 3.28. The minimum Gasteiger partial charge on any atom is -0.394 e. The van der Waals surface area contributed by atoms with Crippen LogP contribution in [-0.4, -0.2) is 41.4 Å². The Kier molecular flexibility index (Phi) is 4.31. The van der Waals surface area contributed by atoms with Crippen molar-refractivity contribution in [1.29, 1.82) is 0 Å². The van der Waals surface area contributed by atoms with Gasteiger partial charge in [0.15, 0.2) is 0 Å². The van der Waals surface area contributed by atoms with Crippen LogP contribution in [0, 0.1) is 10.1 Å². The number of morpholine rings is 1. The molecule has 1 saturated heterocycles. The lowest BCUT2D eigenvalue weighted by Crippen LogP contribution is -2.54. The maximum Gasteiger partial charge on any atom is 0.292 e. The fourth-order valence-corrected chi connectivity index (χ4v) is 2.83. The number of hydrogen-bond acceptors (Lipinski definition) is 5. The van der Waals surface area contributed by atoms with E-state index in [4.69, 9.17) is 4.74 Å². The third-order valence-electron chi connectivity index (χ3n) is 3.16. The van der Waals surface area contributed by atoms with Gasteiger partial charge in [-0.15, -0.1) is 0 Å². The molecular formula is C13H17BrN2O4.